The Kier molecular flexibility index (Phi) is 3.56. The largest absolute Gasteiger partial charge is 0.439 e. The van der Waals surface area contributed by atoms with Crippen LogP contribution in [0.5, 0.6) is 0 Å². The highest BCUT2D eigenvalue weighted by Gasteiger charge is 2.17. The van der Waals surface area contributed by atoms with E-state index in [-0.39, 0.29) is 17.8 Å². The number of ether oxygens (including phenoxy) is 1. The van der Waals surface area contributed by atoms with Crippen LogP contribution in [0.25, 0.3) is 0 Å². The molecule has 0 radical (unpaired) electrons. The molecule has 2 rings (SSSR count). The van der Waals surface area contributed by atoms with Gasteiger partial charge in [-0.15, -0.1) is 0 Å². The van der Waals surface area contributed by atoms with Crippen LogP contribution in [0.15, 0.2) is 0 Å². The smallest absolute Gasteiger partial charge is 0.414 e. The van der Waals surface area contributed by atoms with E-state index in [1.54, 1.807) is 0 Å². The Hall–Kier alpha value is -1.24. The molecule has 2 heterocycles. The van der Waals surface area contributed by atoms with E-state index < -0.39 is 6.09 Å². The topological polar surface area (TPSA) is 84.5 Å². The molecule has 6 nitrogen and oxygen atoms in total. The summed E-state index contributed by atoms with van der Waals surface area (Å²) in [6.07, 6.45) is -0.648. The summed E-state index contributed by atoms with van der Waals surface area (Å²) in [5, 5.41) is 4.68. The number of rotatable bonds is 0. The van der Waals surface area contributed by atoms with E-state index in [0.29, 0.717) is 0 Å². The standard InChI is InChI=1S/C3H3NO3.C3H5NOS/c5-2-1-7-3(6)4-2;5-3-4-1-2-6-3/h1H2,(H,4,5,6);1-2H2,(H,4,5). The number of amides is 3. The van der Waals surface area contributed by atoms with Gasteiger partial charge in [0.15, 0.2) is 6.61 Å². The van der Waals surface area contributed by atoms with Gasteiger partial charge in [-0.05, 0) is 0 Å². The summed E-state index contributed by atoms with van der Waals surface area (Å²) in [4.78, 5) is 30.0. The van der Waals surface area contributed by atoms with Crippen molar-refractivity contribution in [3.05, 3.63) is 0 Å². The second kappa shape index (κ2) is 4.70. The summed E-state index contributed by atoms with van der Waals surface area (Å²) in [6.45, 7) is 0.725. The van der Waals surface area contributed by atoms with Gasteiger partial charge in [-0.3, -0.25) is 14.9 Å². The van der Waals surface area contributed by atoms with Gasteiger partial charge in [-0.2, -0.15) is 0 Å². The Morgan fingerprint density at radius 3 is 2.23 bits per heavy atom. The molecule has 2 aliphatic heterocycles. The van der Waals surface area contributed by atoms with Crippen molar-refractivity contribution in [3.8, 4) is 0 Å². The molecule has 0 aromatic carbocycles. The van der Waals surface area contributed by atoms with Crippen molar-refractivity contribution >= 4 is 29.0 Å². The predicted molar refractivity (Wildman–Crippen MR) is 45.3 cm³/mol. The molecule has 3 amide bonds. The third kappa shape index (κ3) is 3.79. The van der Waals surface area contributed by atoms with Crippen molar-refractivity contribution in [2.24, 2.45) is 0 Å². The molecule has 0 spiro atoms. The van der Waals surface area contributed by atoms with Crippen molar-refractivity contribution in [1.82, 2.24) is 10.6 Å². The van der Waals surface area contributed by atoms with Crippen LogP contribution in [-0.2, 0) is 9.53 Å². The summed E-state index contributed by atoms with van der Waals surface area (Å²) >= 11 is 1.35. The van der Waals surface area contributed by atoms with Crippen LogP contribution >= 0.6 is 11.8 Å². The number of thioether (sulfide) groups is 1. The highest BCUT2D eigenvalue weighted by atomic mass is 32.2. The first-order valence-corrected chi connectivity index (χ1v) is 4.54. The zero-order valence-electron chi connectivity index (χ0n) is 6.66. The second-order valence-electron chi connectivity index (χ2n) is 2.19. The number of imide groups is 1. The summed E-state index contributed by atoms with van der Waals surface area (Å²) < 4.78 is 4.17. The zero-order valence-corrected chi connectivity index (χ0v) is 7.48. The minimum atomic E-state index is -0.648. The Balaban J connectivity index is 0.000000132. The number of cyclic esters (lactones) is 1. The molecule has 2 fully saturated rings. The van der Waals surface area contributed by atoms with Crippen LogP contribution in [-0.4, -0.2) is 36.1 Å². The Morgan fingerprint density at radius 2 is 2.08 bits per heavy atom. The molecule has 0 atom stereocenters. The first-order valence-electron chi connectivity index (χ1n) is 3.56. The maximum Gasteiger partial charge on any atom is 0.414 e. The van der Waals surface area contributed by atoms with Crippen molar-refractivity contribution in [1.29, 1.82) is 0 Å². The summed E-state index contributed by atoms with van der Waals surface area (Å²) in [5.41, 5.74) is 0. The minimum Gasteiger partial charge on any atom is -0.439 e. The highest BCUT2D eigenvalue weighted by Crippen LogP contribution is 2.04. The lowest BCUT2D eigenvalue weighted by atomic mass is 10.7. The van der Waals surface area contributed by atoms with Gasteiger partial charge in [0, 0.05) is 12.3 Å². The van der Waals surface area contributed by atoms with Crippen LogP contribution in [0, 0.1) is 0 Å². The van der Waals surface area contributed by atoms with Crippen molar-refractivity contribution in [2.45, 2.75) is 0 Å². The van der Waals surface area contributed by atoms with E-state index in [9.17, 15) is 14.4 Å². The van der Waals surface area contributed by atoms with Gasteiger partial charge in [0.1, 0.15) is 0 Å². The SMILES string of the molecule is O=C1COC(=O)N1.O=C1NCCS1. The minimum absolute atomic E-state index is 0.120. The van der Waals surface area contributed by atoms with E-state index >= 15 is 0 Å². The van der Waals surface area contributed by atoms with Crippen LogP contribution in [0.3, 0.4) is 0 Å². The molecule has 2 saturated heterocycles. The van der Waals surface area contributed by atoms with E-state index in [0.717, 1.165) is 12.3 Å². The number of hydrogen-bond donors (Lipinski definition) is 2. The quantitative estimate of drug-likeness (QED) is 0.565. The van der Waals surface area contributed by atoms with Crippen LogP contribution in [0.2, 0.25) is 0 Å². The van der Waals surface area contributed by atoms with E-state index in [1.165, 1.54) is 11.8 Å². The lowest BCUT2D eigenvalue weighted by Crippen LogP contribution is -2.18. The molecule has 2 N–H and O–H groups in total. The summed E-state index contributed by atoms with van der Waals surface area (Å²) in [6, 6.07) is 0. The normalized spacial score (nSPS) is 19.8. The molecular formula is C6H8N2O4S. The van der Waals surface area contributed by atoms with E-state index in [2.05, 4.69) is 10.1 Å². The molecule has 13 heavy (non-hydrogen) atoms. The van der Waals surface area contributed by atoms with Crippen LogP contribution < -0.4 is 10.6 Å². The molecule has 72 valence electrons. The molecule has 0 aliphatic carbocycles. The predicted octanol–water partition coefficient (Wildman–Crippen LogP) is -0.304. The number of carbonyl (C=O) groups excluding carboxylic acids is 3. The van der Waals surface area contributed by atoms with Gasteiger partial charge < -0.3 is 10.1 Å². The first kappa shape index (κ1) is 9.85. The monoisotopic (exact) mass is 204 g/mol. The number of alkyl carbamates (subject to hydrolysis) is 1. The average molecular weight is 204 g/mol. The fraction of sp³-hybridized carbons (Fsp3) is 0.500. The third-order valence-corrected chi connectivity index (χ3v) is 2.00. The second-order valence-corrected chi connectivity index (χ2v) is 3.25. The first-order chi connectivity index (χ1) is 6.18. The number of nitrogens with one attached hydrogen (secondary N) is 2. The van der Waals surface area contributed by atoms with Crippen molar-refractivity contribution in [2.75, 3.05) is 18.9 Å². The maximum absolute atomic E-state index is 10.1. The number of hydrogen-bond acceptors (Lipinski definition) is 5. The molecular weight excluding hydrogens is 196 g/mol. The molecule has 0 bridgehead atoms. The Morgan fingerprint density at radius 1 is 1.31 bits per heavy atom. The fourth-order valence-corrected chi connectivity index (χ4v) is 1.26. The Bertz CT molecular complexity index is 221. The summed E-state index contributed by atoms with van der Waals surface area (Å²) in [7, 11) is 0. The highest BCUT2D eigenvalue weighted by molar-refractivity contribution is 8.13. The maximum atomic E-state index is 10.1. The molecule has 7 heteroatoms. The average Bonchev–Trinajstić information content (AvgIpc) is 2.64. The van der Waals surface area contributed by atoms with Gasteiger partial charge in [0.25, 0.3) is 11.1 Å². The molecule has 0 aromatic rings. The Labute approximate surface area is 78.4 Å². The van der Waals surface area contributed by atoms with E-state index in [4.69, 9.17) is 0 Å². The van der Waals surface area contributed by atoms with Crippen molar-refractivity contribution in [3.63, 3.8) is 0 Å². The van der Waals surface area contributed by atoms with Crippen LogP contribution in [0.1, 0.15) is 0 Å². The van der Waals surface area contributed by atoms with Gasteiger partial charge in [0.2, 0.25) is 0 Å². The lowest BCUT2D eigenvalue weighted by Gasteiger charge is -1.78. The third-order valence-electron chi connectivity index (χ3n) is 1.18. The van der Waals surface area contributed by atoms with E-state index in [1.807, 2.05) is 5.32 Å². The fourth-order valence-electron chi connectivity index (χ4n) is 0.665. The molecule has 2 aliphatic rings. The summed E-state index contributed by atoms with van der Waals surface area (Å²) in [5.74, 6) is 0.573. The van der Waals surface area contributed by atoms with Crippen molar-refractivity contribution < 1.29 is 19.1 Å². The van der Waals surface area contributed by atoms with Crippen LogP contribution in [0.4, 0.5) is 9.59 Å². The molecule has 0 unspecified atom stereocenters. The van der Waals surface area contributed by atoms with Gasteiger partial charge in [-0.1, -0.05) is 11.8 Å². The zero-order chi connectivity index (χ0) is 9.68. The molecule has 0 aromatic heterocycles. The molecule has 0 saturated carbocycles. The lowest BCUT2D eigenvalue weighted by molar-refractivity contribution is -0.119. The number of carbonyl (C=O) groups is 3. The van der Waals surface area contributed by atoms with Gasteiger partial charge in [0.05, 0.1) is 0 Å². The van der Waals surface area contributed by atoms with Gasteiger partial charge in [-0.25, -0.2) is 4.79 Å². The van der Waals surface area contributed by atoms with Gasteiger partial charge >= 0.3 is 6.09 Å².